The van der Waals surface area contributed by atoms with Gasteiger partial charge in [-0.25, -0.2) is 0 Å². The molecule has 1 N–H and O–H groups in total. The van der Waals surface area contributed by atoms with Crippen LogP contribution in [0, 0.1) is 0 Å². The van der Waals surface area contributed by atoms with Crippen molar-refractivity contribution in [3.05, 3.63) is 47.0 Å². The summed E-state index contributed by atoms with van der Waals surface area (Å²) in [4.78, 5) is 0. The van der Waals surface area contributed by atoms with E-state index in [9.17, 15) is 0 Å². The van der Waals surface area contributed by atoms with Gasteiger partial charge in [-0.05, 0) is 43.4 Å². The van der Waals surface area contributed by atoms with Gasteiger partial charge in [-0.1, -0.05) is 23.7 Å². The molecule has 106 valence electrons. The van der Waals surface area contributed by atoms with Crippen molar-refractivity contribution < 1.29 is 0 Å². The molecule has 3 rings (SSSR count). The second kappa shape index (κ2) is 5.94. The van der Waals surface area contributed by atoms with Crippen LogP contribution in [-0.4, -0.2) is 20.8 Å². The summed E-state index contributed by atoms with van der Waals surface area (Å²) in [6.45, 7) is 3.82. The zero-order valence-electron chi connectivity index (χ0n) is 11.6. The van der Waals surface area contributed by atoms with E-state index in [1.165, 1.54) is 18.4 Å². The van der Waals surface area contributed by atoms with Crippen molar-refractivity contribution in [3.8, 4) is 0 Å². The zero-order valence-corrected chi connectivity index (χ0v) is 12.3. The Kier molecular flexibility index (Phi) is 4.03. The molecule has 1 fully saturated rings. The Morgan fingerprint density at radius 2 is 2.05 bits per heavy atom. The summed E-state index contributed by atoms with van der Waals surface area (Å²) in [6.07, 6.45) is 4.15. The molecule has 2 aromatic rings. The molecular weight excluding hydrogens is 272 g/mol. The van der Waals surface area contributed by atoms with Gasteiger partial charge < -0.3 is 9.88 Å². The summed E-state index contributed by atoms with van der Waals surface area (Å²) in [5.74, 6) is 1.68. The first-order chi connectivity index (χ1) is 9.76. The maximum absolute atomic E-state index is 5.91. The van der Waals surface area contributed by atoms with Crippen LogP contribution in [0.4, 0.5) is 0 Å². The number of nitrogens with one attached hydrogen (secondary N) is 1. The van der Waals surface area contributed by atoms with Crippen molar-refractivity contribution >= 4 is 11.6 Å². The molecule has 5 heteroatoms. The number of aromatic nitrogens is 3. The van der Waals surface area contributed by atoms with E-state index < -0.39 is 0 Å². The zero-order chi connectivity index (χ0) is 13.9. The van der Waals surface area contributed by atoms with E-state index in [2.05, 4.69) is 39.1 Å². The van der Waals surface area contributed by atoms with Gasteiger partial charge in [0.15, 0.2) is 0 Å². The predicted octanol–water partition coefficient (Wildman–Crippen LogP) is 2.99. The van der Waals surface area contributed by atoms with Crippen molar-refractivity contribution in [1.82, 2.24) is 20.1 Å². The lowest BCUT2D eigenvalue weighted by Gasteiger charge is -2.36. The Morgan fingerprint density at radius 1 is 1.30 bits per heavy atom. The van der Waals surface area contributed by atoms with Crippen LogP contribution in [0.25, 0.3) is 0 Å². The third-order valence-corrected chi connectivity index (χ3v) is 4.32. The number of rotatable bonds is 5. The van der Waals surface area contributed by atoms with Crippen LogP contribution in [0.15, 0.2) is 30.6 Å². The average molecular weight is 291 g/mol. The van der Waals surface area contributed by atoms with Crippen molar-refractivity contribution in [2.45, 2.75) is 44.8 Å². The predicted molar refractivity (Wildman–Crippen MR) is 79.8 cm³/mol. The maximum atomic E-state index is 5.91. The summed E-state index contributed by atoms with van der Waals surface area (Å²) in [5.41, 5.74) is 1.39. The molecule has 0 spiro atoms. The Bertz CT molecular complexity index is 558. The molecule has 0 unspecified atom stereocenters. The largest absolute Gasteiger partial charge is 0.317 e. The van der Waals surface area contributed by atoms with Gasteiger partial charge in [-0.15, -0.1) is 10.2 Å². The van der Waals surface area contributed by atoms with Crippen LogP contribution < -0.4 is 5.32 Å². The van der Waals surface area contributed by atoms with Gasteiger partial charge >= 0.3 is 0 Å². The highest BCUT2D eigenvalue weighted by Gasteiger charge is 2.29. The van der Waals surface area contributed by atoms with Gasteiger partial charge in [0, 0.05) is 17.6 Å². The highest BCUT2D eigenvalue weighted by molar-refractivity contribution is 6.30. The molecule has 0 amide bonds. The third-order valence-electron chi connectivity index (χ3n) is 4.06. The highest BCUT2D eigenvalue weighted by Crippen LogP contribution is 2.37. The molecule has 1 aliphatic rings. The summed E-state index contributed by atoms with van der Waals surface area (Å²) >= 11 is 5.91. The molecular formula is C15H19ClN4. The third kappa shape index (κ3) is 2.86. The van der Waals surface area contributed by atoms with Crippen LogP contribution >= 0.6 is 11.6 Å². The van der Waals surface area contributed by atoms with Crippen LogP contribution in [0.3, 0.4) is 0 Å². The molecule has 0 bridgehead atoms. The Labute approximate surface area is 124 Å². The number of hydrogen-bond acceptors (Lipinski definition) is 3. The fourth-order valence-electron chi connectivity index (χ4n) is 2.71. The molecule has 20 heavy (non-hydrogen) atoms. The molecule has 1 aromatic carbocycles. The minimum Gasteiger partial charge on any atom is -0.317 e. The van der Waals surface area contributed by atoms with Crippen molar-refractivity contribution in [2.24, 2.45) is 0 Å². The Balaban J connectivity index is 1.48. The van der Waals surface area contributed by atoms with Gasteiger partial charge in [0.2, 0.25) is 0 Å². The SMILES string of the molecule is CCn1cnnc1CNC1CC(c2ccc(Cl)cc2)C1. The van der Waals surface area contributed by atoms with E-state index in [0.29, 0.717) is 12.0 Å². The summed E-state index contributed by atoms with van der Waals surface area (Å²) < 4.78 is 2.07. The molecule has 0 aliphatic heterocycles. The minimum absolute atomic E-state index is 0.581. The van der Waals surface area contributed by atoms with E-state index in [1.54, 1.807) is 6.33 Å². The quantitative estimate of drug-likeness (QED) is 0.920. The summed E-state index contributed by atoms with van der Waals surface area (Å²) in [6, 6.07) is 8.80. The Morgan fingerprint density at radius 3 is 2.75 bits per heavy atom. The molecule has 1 heterocycles. The lowest BCUT2D eigenvalue weighted by atomic mass is 9.76. The van der Waals surface area contributed by atoms with Gasteiger partial charge in [0.05, 0.1) is 6.54 Å². The van der Waals surface area contributed by atoms with Crippen LogP contribution in [0.2, 0.25) is 5.02 Å². The van der Waals surface area contributed by atoms with Crippen LogP contribution in [-0.2, 0) is 13.1 Å². The molecule has 4 nitrogen and oxygen atoms in total. The first-order valence-electron chi connectivity index (χ1n) is 7.11. The molecule has 0 radical (unpaired) electrons. The van der Waals surface area contributed by atoms with Gasteiger partial charge in [-0.2, -0.15) is 0 Å². The number of aryl methyl sites for hydroxylation is 1. The highest BCUT2D eigenvalue weighted by atomic mass is 35.5. The number of nitrogens with zero attached hydrogens (tertiary/aromatic N) is 3. The summed E-state index contributed by atoms with van der Waals surface area (Å²) in [7, 11) is 0. The lowest BCUT2D eigenvalue weighted by Crippen LogP contribution is -2.40. The first kappa shape index (κ1) is 13.6. The lowest BCUT2D eigenvalue weighted by molar-refractivity contribution is 0.286. The smallest absolute Gasteiger partial charge is 0.146 e. The van der Waals surface area contributed by atoms with E-state index in [-0.39, 0.29) is 0 Å². The van der Waals surface area contributed by atoms with E-state index >= 15 is 0 Å². The molecule has 1 saturated carbocycles. The number of hydrogen-bond donors (Lipinski definition) is 1. The Hall–Kier alpha value is -1.39. The average Bonchev–Trinajstić information content (AvgIpc) is 2.86. The monoisotopic (exact) mass is 290 g/mol. The van der Waals surface area contributed by atoms with Gasteiger partial charge in [0.1, 0.15) is 12.2 Å². The van der Waals surface area contributed by atoms with Gasteiger partial charge in [0.25, 0.3) is 0 Å². The van der Waals surface area contributed by atoms with Crippen molar-refractivity contribution in [2.75, 3.05) is 0 Å². The van der Waals surface area contributed by atoms with Crippen molar-refractivity contribution in [1.29, 1.82) is 0 Å². The minimum atomic E-state index is 0.581. The molecule has 1 aliphatic carbocycles. The van der Waals surface area contributed by atoms with Crippen LogP contribution in [0.5, 0.6) is 0 Å². The fraction of sp³-hybridized carbons (Fsp3) is 0.467. The standard InChI is InChI=1S/C15H19ClN4/c1-2-20-10-18-19-15(20)9-17-14-7-12(8-14)11-3-5-13(16)6-4-11/h3-6,10,12,14,17H,2,7-9H2,1H3. The van der Waals surface area contributed by atoms with E-state index in [1.807, 2.05) is 12.1 Å². The normalized spacial score (nSPS) is 21.7. The van der Waals surface area contributed by atoms with Gasteiger partial charge in [-0.3, -0.25) is 0 Å². The van der Waals surface area contributed by atoms with E-state index in [0.717, 1.165) is 23.9 Å². The van der Waals surface area contributed by atoms with E-state index in [4.69, 9.17) is 11.6 Å². The summed E-state index contributed by atoms with van der Waals surface area (Å²) in [5, 5.41) is 12.5. The first-order valence-corrected chi connectivity index (χ1v) is 7.49. The molecule has 1 aromatic heterocycles. The topological polar surface area (TPSA) is 42.7 Å². The number of benzene rings is 1. The van der Waals surface area contributed by atoms with Crippen molar-refractivity contribution in [3.63, 3.8) is 0 Å². The van der Waals surface area contributed by atoms with Crippen LogP contribution in [0.1, 0.15) is 37.1 Å². The fourth-order valence-corrected chi connectivity index (χ4v) is 2.83. The second-order valence-electron chi connectivity index (χ2n) is 5.33. The molecule has 0 saturated heterocycles. The maximum Gasteiger partial charge on any atom is 0.146 e. The second-order valence-corrected chi connectivity index (χ2v) is 5.77. The molecule has 0 atom stereocenters. The number of halogens is 1.